The summed E-state index contributed by atoms with van der Waals surface area (Å²) in [6.07, 6.45) is 2.86. The molecule has 7 aromatic rings. The van der Waals surface area contributed by atoms with Gasteiger partial charge in [0.2, 0.25) is 11.8 Å². The molecule has 0 fully saturated rings. The van der Waals surface area contributed by atoms with Gasteiger partial charge in [-0.15, -0.1) is 0 Å². The van der Waals surface area contributed by atoms with E-state index < -0.39 is 11.7 Å². The summed E-state index contributed by atoms with van der Waals surface area (Å²) in [6.45, 7) is 8.55. The molecule has 16 nitrogen and oxygen atoms in total. The Balaban J connectivity index is 0.936. The standard InChI is InChI=1S/C70H81N5O11/c1-70(2,3)86-69(80)75(85-53-58-35-18-8-19-36-58)48-22-9-20-43-71-63(76)41-42-64(77)74(47-26-45-73-68(79)60-38-25-40-62(82-50-55-29-12-5-13-30-55)66(60)84-52-57-33-16-7-17-34-57)46-23-21-44-72-67(78)59-37-24-39-61(81-49-54-27-10-4-11-28-54)65(59)83-51-56-31-14-6-15-32-56/h4-8,10-19,24-25,27-40H,9,20-23,26,41-53H2,1-3H3,(H,71,76)(H,72,78)(H,73,79). The van der Waals surface area contributed by atoms with Gasteiger partial charge in [-0.05, 0) is 111 Å². The van der Waals surface area contributed by atoms with Crippen LogP contribution in [-0.2, 0) is 52.2 Å². The lowest BCUT2D eigenvalue weighted by Crippen LogP contribution is -2.37. The second-order valence-electron chi connectivity index (χ2n) is 21.6. The first kappa shape index (κ1) is 64.4. The van der Waals surface area contributed by atoms with Crippen LogP contribution >= 0.6 is 0 Å². The Morgan fingerprint density at radius 2 is 0.791 bits per heavy atom. The molecule has 0 atom stereocenters. The van der Waals surface area contributed by atoms with Gasteiger partial charge in [0, 0.05) is 45.6 Å². The van der Waals surface area contributed by atoms with Gasteiger partial charge in [-0.3, -0.25) is 24.0 Å². The highest BCUT2D eigenvalue weighted by Crippen LogP contribution is 2.34. The predicted octanol–water partition coefficient (Wildman–Crippen LogP) is 12.6. The number of unbranched alkanes of at least 4 members (excludes halogenated alkanes) is 3. The van der Waals surface area contributed by atoms with Crippen molar-refractivity contribution in [3.63, 3.8) is 0 Å². The lowest BCUT2D eigenvalue weighted by Gasteiger charge is -2.26. The molecule has 3 N–H and O–H groups in total. The summed E-state index contributed by atoms with van der Waals surface area (Å²) in [6, 6.07) is 59.0. The quantitative estimate of drug-likeness (QED) is 0.0254. The van der Waals surface area contributed by atoms with Crippen molar-refractivity contribution in [1.29, 1.82) is 0 Å². The Morgan fingerprint density at radius 1 is 0.395 bits per heavy atom. The largest absolute Gasteiger partial charge is 0.485 e. The zero-order valence-corrected chi connectivity index (χ0v) is 49.7. The molecule has 0 aliphatic carbocycles. The Labute approximate surface area is 506 Å². The lowest BCUT2D eigenvalue weighted by molar-refractivity contribution is -0.156. The number of benzene rings is 7. The van der Waals surface area contributed by atoms with Gasteiger partial charge < -0.3 is 44.5 Å². The lowest BCUT2D eigenvalue weighted by atomic mass is 10.1. The number of nitrogens with zero attached hydrogens (tertiary/aromatic N) is 2. The van der Waals surface area contributed by atoms with Gasteiger partial charge in [0.25, 0.3) is 11.8 Å². The minimum absolute atomic E-state index is 0.0148. The van der Waals surface area contributed by atoms with Crippen LogP contribution in [0.1, 0.15) is 121 Å². The van der Waals surface area contributed by atoms with Crippen molar-refractivity contribution < 1.29 is 52.5 Å². The van der Waals surface area contributed by atoms with Crippen molar-refractivity contribution in [3.05, 3.63) is 227 Å². The number of hydrogen-bond donors (Lipinski definition) is 3. The molecule has 0 radical (unpaired) electrons. The topological polar surface area (TPSA) is 183 Å². The van der Waals surface area contributed by atoms with E-state index in [4.69, 9.17) is 28.5 Å². The van der Waals surface area contributed by atoms with Crippen molar-refractivity contribution in [3.8, 4) is 23.0 Å². The molecule has 452 valence electrons. The van der Waals surface area contributed by atoms with E-state index in [1.54, 1.807) is 62.1 Å². The summed E-state index contributed by atoms with van der Waals surface area (Å²) in [5, 5.41) is 10.3. The predicted molar refractivity (Wildman–Crippen MR) is 331 cm³/mol. The molecule has 7 rings (SSSR count). The van der Waals surface area contributed by atoms with E-state index in [2.05, 4.69) is 16.0 Å². The number of hydrogen-bond acceptors (Lipinski definition) is 11. The smallest absolute Gasteiger partial charge is 0.434 e. The van der Waals surface area contributed by atoms with Gasteiger partial charge >= 0.3 is 6.09 Å². The molecular weight excluding hydrogens is 1090 g/mol. The monoisotopic (exact) mass is 1170 g/mol. The van der Waals surface area contributed by atoms with Gasteiger partial charge in [0.05, 0.1) is 17.7 Å². The molecule has 0 bridgehead atoms. The molecule has 0 aliphatic heterocycles. The van der Waals surface area contributed by atoms with E-state index >= 15 is 0 Å². The second-order valence-corrected chi connectivity index (χ2v) is 21.6. The van der Waals surface area contributed by atoms with Gasteiger partial charge in [-0.1, -0.05) is 164 Å². The Kier molecular flexibility index (Phi) is 26.4. The number of carbonyl (C=O) groups is 5. The van der Waals surface area contributed by atoms with Crippen LogP contribution in [0.3, 0.4) is 0 Å². The van der Waals surface area contributed by atoms with E-state index in [0.717, 1.165) is 27.8 Å². The SMILES string of the molecule is CC(C)(C)OC(=O)N(CCCCCNC(=O)CCC(=O)N(CCCCNC(=O)c1cccc(OCc2ccccc2)c1OCc1ccccc1)CCCNC(=O)c1cccc(OCc2ccccc2)c1OCc1ccccc1)OCc1ccccc1. The van der Waals surface area contributed by atoms with Crippen molar-refractivity contribution >= 4 is 29.7 Å². The van der Waals surface area contributed by atoms with E-state index in [9.17, 15) is 24.0 Å². The van der Waals surface area contributed by atoms with E-state index in [1.807, 2.05) is 152 Å². The molecule has 16 heteroatoms. The number of carbonyl (C=O) groups excluding carboxylic acids is 5. The molecule has 5 amide bonds. The average Bonchev–Trinajstić information content (AvgIpc) is 3.62. The fraction of sp³-hybridized carbons (Fsp3) is 0.329. The fourth-order valence-corrected chi connectivity index (χ4v) is 9.00. The van der Waals surface area contributed by atoms with E-state index in [1.165, 1.54) is 5.06 Å². The summed E-state index contributed by atoms with van der Waals surface area (Å²) in [5.41, 5.74) is 4.66. The summed E-state index contributed by atoms with van der Waals surface area (Å²) in [4.78, 5) is 75.6. The number of ether oxygens (including phenoxy) is 5. The molecule has 86 heavy (non-hydrogen) atoms. The van der Waals surface area contributed by atoms with Crippen LogP contribution in [-0.4, -0.2) is 84.6 Å². The normalized spacial score (nSPS) is 11.0. The molecule has 0 saturated heterocycles. The average molecular weight is 1170 g/mol. The first-order chi connectivity index (χ1) is 41.9. The number of para-hydroxylation sites is 2. The number of rotatable bonds is 35. The number of hydroxylamine groups is 2. The zero-order valence-electron chi connectivity index (χ0n) is 49.7. The molecule has 0 aliphatic rings. The van der Waals surface area contributed by atoms with E-state index in [0.29, 0.717) is 105 Å². The zero-order chi connectivity index (χ0) is 60.6. The third-order valence-electron chi connectivity index (χ3n) is 13.5. The molecule has 0 heterocycles. The molecule has 7 aromatic carbocycles. The van der Waals surface area contributed by atoms with Gasteiger partial charge in [-0.2, -0.15) is 5.06 Å². The van der Waals surface area contributed by atoms with Crippen LogP contribution in [0.4, 0.5) is 4.79 Å². The Morgan fingerprint density at radius 3 is 1.26 bits per heavy atom. The summed E-state index contributed by atoms with van der Waals surface area (Å²) < 4.78 is 30.6. The molecule has 0 unspecified atom stereocenters. The second kappa shape index (κ2) is 35.2. The van der Waals surface area contributed by atoms with Crippen molar-refractivity contribution in [2.45, 2.75) is 111 Å². The van der Waals surface area contributed by atoms with E-state index in [-0.39, 0.29) is 76.0 Å². The Hall–Kier alpha value is -9.15. The third kappa shape index (κ3) is 22.8. The first-order valence-electron chi connectivity index (χ1n) is 29.6. The fourth-order valence-electron chi connectivity index (χ4n) is 9.00. The molecular formula is C70H81N5O11. The maximum atomic E-state index is 14.0. The number of nitrogens with one attached hydrogen (secondary N) is 3. The van der Waals surface area contributed by atoms with Crippen LogP contribution in [0.25, 0.3) is 0 Å². The summed E-state index contributed by atoms with van der Waals surface area (Å²) >= 11 is 0. The minimum atomic E-state index is -0.693. The molecule has 0 spiro atoms. The van der Waals surface area contributed by atoms with Crippen LogP contribution in [0.15, 0.2) is 188 Å². The third-order valence-corrected chi connectivity index (χ3v) is 13.5. The highest BCUT2D eigenvalue weighted by Gasteiger charge is 2.24. The maximum Gasteiger partial charge on any atom is 0.434 e. The maximum absolute atomic E-state index is 14.0. The highest BCUT2D eigenvalue weighted by atomic mass is 16.7. The van der Waals surface area contributed by atoms with Crippen LogP contribution in [0, 0.1) is 0 Å². The van der Waals surface area contributed by atoms with Gasteiger partial charge in [-0.25, -0.2) is 4.79 Å². The van der Waals surface area contributed by atoms with Gasteiger partial charge in [0.1, 0.15) is 38.6 Å². The van der Waals surface area contributed by atoms with Crippen molar-refractivity contribution in [2.24, 2.45) is 0 Å². The van der Waals surface area contributed by atoms with Crippen molar-refractivity contribution in [1.82, 2.24) is 25.9 Å². The van der Waals surface area contributed by atoms with Gasteiger partial charge in [0.15, 0.2) is 23.0 Å². The molecule has 0 saturated carbocycles. The van der Waals surface area contributed by atoms with Crippen LogP contribution in [0.2, 0.25) is 0 Å². The minimum Gasteiger partial charge on any atom is -0.485 e. The summed E-state index contributed by atoms with van der Waals surface area (Å²) in [7, 11) is 0. The van der Waals surface area contributed by atoms with Crippen molar-refractivity contribution in [2.75, 3.05) is 39.3 Å². The highest BCUT2D eigenvalue weighted by molar-refractivity contribution is 5.98. The summed E-state index contributed by atoms with van der Waals surface area (Å²) in [5.74, 6) is 0.384. The van der Waals surface area contributed by atoms with Crippen LogP contribution < -0.4 is 34.9 Å². The number of amides is 5. The van der Waals surface area contributed by atoms with Crippen LogP contribution in [0.5, 0.6) is 23.0 Å². The first-order valence-corrected chi connectivity index (χ1v) is 29.6. The Bertz CT molecular complexity index is 3170. The molecule has 0 aromatic heterocycles.